The van der Waals surface area contributed by atoms with Crippen LogP contribution >= 0.6 is 11.6 Å². The summed E-state index contributed by atoms with van der Waals surface area (Å²) in [6.07, 6.45) is 2.44. The van der Waals surface area contributed by atoms with Crippen molar-refractivity contribution >= 4 is 37.3 Å². The van der Waals surface area contributed by atoms with E-state index < -0.39 is 20.0 Å². The van der Waals surface area contributed by atoms with Crippen LogP contribution < -0.4 is 9.03 Å². The molecule has 0 fully saturated rings. The highest BCUT2D eigenvalue weighted by Crippen LogP contribution is 2.25. The predicted octanol–water partition coefficient (Wildman–Crippen LogP) is 2.13. The Bertz CT molecular complexity index is 733. The number of aryl methyl sites for hydroxylation is 1. The van der Waals surface area contributed by atoms with E-state index in [1.54, 1.807) is 25.1 Å². The molecule has 132 valence electrons. The third-order valence-corrected chi connectivity index (χ3v) is 6.12. The van der Waals surface area contributed by atoms with Crippen LogP contribution in [0.1, 0.15) is 25.3 Å². The van der Waals surface area contributed by atoms with Gasteiger partial charge in [0, 0.05) is 18.1 Å². The lowest BCUT2D eigenvalue weighted by Gasteiger charge is -2.24. The Labute approximate surface area is 143 Å². The zero-order valence-corrected chi connectivity index (χ0v) is 15.9. The van der Waals surface area contributed by atoms with Crippen molar-refractivity contribution in [2.45, 2.75) is 26.7 Å². The highest BCUT2D eigenvalue weighted by molar-refractivity contribution is 7.92. The minimum absolute atomic E-state index is 0.0151. The second-order valence-electron chi connectivity index (χ2n) is 5.33. The fraction of sp³-hybridized carbons (Fsp3) is 0.571. The molecule has 23 heavy (non-hydrogen) atoms. The van der Waals surface area contributed by atoms with E-state index in [4.69, 9.17) is 11.6 Å². The van der Waals surface area contributed by atoms with Crippen molar-refractivity contribution in [3.05, 3.63) is 28.8 Å². The van der Waals surface area contributed by atoms with Gasteiger partial charge in [-0.1, -0.05) is 24.9 Å². The van der Waals surface area contributed by atoms with Gasteiger partial charge in [-0.15, -0.1) is 0 Å². The standard InChI is InChI=1S/C14H23ClN2O4S2/c1-4-5-10-23(20,21)16-8-9-17(22(3,18)19)14-7-6-13(15)11-12(14)2/h6-7,11,16H,4-5,8-10H2,1-3H3. The summed E-state index contributed by atoms with van der Waals surface area (Å²) in [4.78, 5) is 0. The fourth-order valence-corrected chi connectivity index (χ4v) is 4.50. The van der Waals surface area contributed by atoms with Gasteiger partial charge >= 0.3 is 0 Å². The molecular formula is C14H23ClN2O4S2. The van der Waals surface area contributed by atoms with Gasteiger partial charge in [-0.25, -0.2) is 21.6 Å². The van der Waals surface area contributed by atoms with Crippen LogP contribution in [0.2, 0.25) is 5.02 Å². The highest BCUT2D eigenvalue weighted by atomic mass is 35.5. The van der Waals surface area contributed by atoms with Crippen molar-refractivity contribution < 1.29 is 16.8 Å². The minimum Gasteiger partial charge on any atom is -0.269 e. The molecule has 0 bridgehead atoms. The maximum Gasteiger partial charge on any atom is 0.232 e. The van der Waals surface area contributed by atoms with Crippen molar-refractivity contribution in [2.75, 3.05) is 29.4 Å². The smallest absolute Gasteiger partial charge is 0.232 e. The van der Waals surface area contributed by atoms with Gasteiger partial charge in [-0.3, -0.25) is 4.31 Å². The summed E-state index contributed by atoms with van der Waals surface area (Å²) in [5, 5.41) is 0.514. The van der Waals surface area contributed by atoms with Crippen LogP contribution in [0.25, 0.3) is 0 Å². The quantitative estimate of drug-likeness (QED) is 0.709. The molecule has 0 unspecified atom stereocenters. The second-order valence-corrected chi connectivity index (χ2v) is 9.60. The molecule has 0 atom stereocenters. The number of hydrogen-bond donors (Lipinski definition) is 1. The monoisotopic (exact) mass is 382 g/mol. The van der Waals surface area contributed by atoms with Gasteiger partial charge in [0.25, 0.3) is 0 Å². The number of sulfonamides is 2. The number of benzene rings is 1. The lowest BCUT2D eigenvalue weighted by atomic mass is 10.2. The first kappa shape index (κ1) is 20.2. The number of rotatable bonds is 9. The molecule has 0 radical (unpaired) electrons. The summed E-state index contributed by atoms with van der Waals surface area (Å²) >= 11 is 5.89. The average molecular weight is 383 g/mol. The molecular weight excluding hydrogens is 360 g/mol. The first-order valence-electron chi connectivity index (χ1n) is 7.28. The molecule has 1 rings (SSSR count). The van der Waals surface area contributed by atoms with Crippen LogP contribution in [0.3, 0.4) is 0 Å². The molecule has 0 heterocycles. The third-order valence-electron chi connectivity index (χ3n) is 3.23. The zero-order chi connectivity index (χ0) is 17.7. The van der Waals surface area contributed by atoms with Crippen molar-refractivity contribution in [3.63, 3.8) is 0 Å². The maximum atomic E-state index is 12.0. The summed E-state index contributed by atoms with van der Waals surface area (Å²) in [5.41, 5.74) is 1.20. The van der Waals surface area contributed by atoms with Crippen LogP contribution in [0.4, 0.5) is 5.69 Å². The van der Waals surface area contributed by atoms with Crippen LogP contribution in [-0.4, -0.2) is 41.9 Å². The number of hydrogen-bond acceptors (Lipinski definition) is 4. The Morgan fingerprint density at radius 1 is 1.22 bits per heavy atom. The number of nitrogens with one attached hydrogen (secondary N) is 1. The number of halogens is 1. The predicted molar refractivity (Wildman–Crippen MR) is 95.1 cm³/mol. The van der Waals surface area contributed by atoms with E-state index in [1.165, 1.54) is 4.31 Å². The van der Waals surface area contributed by atoms with Crippen molar-refractivity contribution in [2.24, 2.45) is 0 Å². The molecule has 1 aromatic rings. The van der Waals surface area contributed by atoms with Crippen LogP contribution in [0, 0.1) is 6.92 Å². The number of nitrogens with zero attached hydrogens (tertiary/aromatic N) is 1. The lowest BCUT2D eigenvalue weighted by Crippen LogP contribution is -2.39. The molecule has 1 aromatic carbocycles. The Morgan fingerprint density at radius 3 is 2.39 bits per heavy atom. The van der Waals surface area contributed by atoms with E-state index in [1.807, 2.05) is 6.92 Å². The largest absolute Gasteiger partial charge is 0.269 e. The van der Waals surface area contributed by atoms with E-state index in [0.29, 0.717) is 22.7 Å². The molecule has 0 aliphatic rings. The van der Waals surface area contributed by atoms with Crippen LogP contribution in [-0.2, 0) is 20.0 Å². The van der Waals surface area contributed by atoms with E-state index in [-0.39, 0.29) is 18.8 Å². The van der Waals surface area contributed by atoms with Gasteiger partial charge in [0.2, 0.25) is 20.0 Å². The molecule has 0 aliphatic heterocycles. The van der Waals surface area contributed by atoms with Gasteiger partial charge in [-0.2, -0.15) is 0 Å². The van der Waals surface area contributed by atoms with E-state index >= 15 is 0 Å². The van der Waals surface area contributed by atoms with E-state index in [2.05, 4.69) is 4.72 Å². The molecule has 0 aromatic heterocycles. The molecule has 0 saturated carbocycles. The number of anilines is 1. The summed E-state index contributed by atoms with van der Waals surface area (Å²) in [7, 11) is -6.91. The molecule has 1 N–H and O–H groups in total. The molecule has 0 spiro atoms. The SMILES string of the molecule is CCCCS(=O)(=O)NCCN(c1ccc(Cl)cc1C)S(C)(=O)=O. The molecule has 0 aliphatic carbocycles. The second kappa shape index (κ2) is 8.32. The fourth-order valence-electron chi connectivity index (χ4n) is 2.07. The Hall–Kier alpha value is -0.830. The normalized spacial score (nSPS) is 12.3. The topological polar surface area (TPSA) is 83.6 Å². The van der Waals surface area contributed by atoms with Crippen molar-refractivity contribution in [1.82, 2.24) is 4.72 Å². The zero-order valence-electron chi connectivity index (χ0n) is 13.5. The molecule has 6 nitrogen and oxygen atoms in total. The van der Waals surface area contributed by atoms with E-state index in [0.717, 1.165) is 12.7 Å². The van der Waals surface area contributed by atoms with Gasteiger partial charge in [0.15, 0.2) is 0 Å². The first-order valence-corrected chi connectivity index (χ1v) is 11.2. The van der Waals surface area contributed by atoms with E-state index in [9.17, 15) is 16.8 Å². The Kier molecular flexibility index (Phi) is 7.31. The van der Waals surface area contributed by atoms with Crippen molar-refractivity contribution in [1.29, 1.82) is 0 Å². The van der Waals surface area contributed by atoms with Gasteiger partial charge in [-0.05, 0) is 37.1 Å². The van der Waals surface area contributed by atoms with Crippen molar-refractivity contribution in [3.8, 4) is 0 Å². The molecule has 9 heteroatoms. The Balaban J connectivity index is 2.86. The Morgan fingerprint density at radius 2 is 1.87 bits per heavy atom. The highest BCUT2D eigenvalue weighted by Gasteiger charge is 2.20. The summed E-state index contributed by atoms with van der Waals surface area (Å²) in [6.45, 7) is 3.70. The summed E-state index contributed by atoms with van der Waals surface area (Å²) < 4.78 is 51.2. The van der Waals surface area contributed by atoms with Gasteiger partial charge in [0.1, 0.15) is 0 Å². The molecule has 0 saturated heterocycles. The van der Waals surface area contributed by atoms with Gasteiger partial charge in [0.05, 0.1) is 17.7 Å². The molecule has 0 amide bonds. The maximum absolute atomic E-state index is 12.0. The third kappa shape index (κ3) is 6.66. The summed E-state index contributed by atoms with van der Waals surface area (Å²) in [5.74, 6) is 0.0440. The first-order chi connectivity index (χ1) is 10.6. The number of unbranched alkanes of at least 4 members (excludes halogenated alkanes) is 1. The van der Waals surface area contributed by atoms with Gasteiger partial charge < -0.3 is 0 Å². The lowest BCUT2D eigenvalue weighted by molar-refractivity contribution is 0.575. The average Bonchev–Trinajstić information content (AvgIpc) is 2.41. The van der Waals surface area contributed by atoms with Crippen LogP contribution in [0.15, 0.2) is 18.2 Å². The van der Waals surface area contributed by atoms with Crippen LogP contribution in [0.5, 0.6) is 0 Å². The minimum atomic E-state index is -3.53. The summed E-state index contributed by atoms with van der Waals surface area (Å²) in [6, 6.07) is 4.89.